The lowest BCUT2D eigenvalue weighted by Crippen LogP contribution is -2.48. The lowest BCUT2D eigenvalue weighted by molar-refractivity contribution is -0.0108. The molecule has 1 aliphatic rings. The highest BCUT2D eigenvalue weighted by molar-refractivity contribution is 6.31. The molecular weight excluding hydrogens is 266 g/mol. The summed E-state index contributed by atoms with van der Waals surface area (Å²) in [5.74, 6) is 0.346. The van der Waals surface area contributed by atoms with Gasteiger partial charge in [-0.15, -0.1) is 0 Å². The number of benzene rings is 1. The Hall–Kier alpha value is -1.26. The van der Waals surface area contributed by atoms with Gasteiger partial charge in [0.05, 0.1) is 18.3 Å². The van der Waals surface area contributed by atoms with E-state index >= 15 is 0 Å². The minimum atomic E-state index is -0.820. The molecule has 0 aliphatic carbocycles. The number of hydrogen-bond acceptors (Lipinski definition) is 3. The van der Waals surface area contributed by atoms with Crippen LogP contribution in [0.15, 0.2) is 18.2 Å². The molecule has 104 valence electrons. The first kappa shape index (κ1) is 14.2. The van der Waals surface area contributed by atoms with Crippen LogP contribution in [-0.4, -0.2) is 41.7 Å². The molecular formula is C14H18ClNO3. The lowest BCUT2D eigenvalue weighted by Gasteiger charge is -2.37. The number of β-amino-alcohol motifs (C(OH)–C–C–N with tert-alkyl or cyclic N) is 1. The number of ether oxygens (including phenoxy) is 1. The Balaban J connectivity index is 2.26. The maximum atomic E-state index is 12.5. The van der Waals surface area contributed by atoms with Crippen LogP contribution in [-0.2, 0) is 0 Å². The number of rotatable bonds is 2. The van der Waals surface area contributed by atoms with Crippen LogP contribution in [0, 0.1) is 0 Å². The number of nitrogens with zero attached hydrogens (tertiary/aromatic N) is 1. The molecule has 1 fully saturated rings. The van der Waals surface area contributed by atoms with Crippen molar-refractivity contribution < 1.29 is 14.6 Å². The molecule has 4 nitrogen and oxygen atoms in total. The van der Waals surface area contributed by atoms with Gasteiger partial charge in [0.2, 0.25) is 0 Å². The molecule has 0 radical (unpaired) electrons. The number of amides is 1. The summed E-state index contributed by atoms with van der Waals surface area (Å²) < 4.78 is 5.20. The van der Waals surface area contributed by atoms with Gasteiger partial charge in [0.25, 0.3) is 5.91 Å². The maximum Gasteiger partial charge on any atom is 0.257 e. The zero-order valence-corrected chi connectivity index (χ0v) is 11.9. The average molecular weight is 284 g/mol. The molecule has 1 aliphatic heterocycles. The summed E-state index contributed by atoms with van der Waals surface area (Å²) in [6.45, 7) is 2.73. The third-order valence-corrected chi connectivity index (χ3v) is 3.59. The standard InChI is InChI=1S/C14H18ClNO3/c1-14(18)6-3-7-16(9-14)13(17)11-8-10(15)4-5-12(11)19-2/h4-5,8,18H,3,6-7,9H2,1-2H3. The molecule has 1 heterocycles. The molecule has 2 rings (SSSR count). The largest absolute Gasteiger partial charge is 0.496 e. The number of piperidine rings is 1. The fourth-order valence-corrected chi connectivity index (χ4v) is 2.58. The molecule has 19 heavy (non-hydrogen) atoms. The Morgan fingerprint density at radius 2 is 2.26 bits per heavy atom. The summed E-state index contributed by atoms with van der Waals surface area (Å²) in [6, 6.07) is 4.97. The van der Waals surface area contributed by atoms with E-state index in [9.17, 15) is 9.90 Å². The van der Waals surface area contributed by atoms with Gasteiger partial charge in [-0.05, 0) is 38.0 Å². The number of carbonyl (C=O) groups is 1. The first-order valence-corrected chi connectivity index (χ1v) is 6.66. The predicted molar refractivity (Wildman–Crippen MR) is 73.8 cm³/mol. The van der Waals surface area contributed by atoms with E-state index < -0.39 is 5.60 Å². The van der Waals surface area contributed by atoms with Crippen LogP contribution >= 0.6 is 11.6 Å². The van der Waals surface area contributed by atoms with E-state index in [0.29, 0.717) is 35.8 Å². The summed E-state index contributed by atoms with van der Waals surface area (Å²) in [7, 11) is 1.52. The van der Waals surface area contributed by atoms with Crippen LogP contribution in [0.25, 0.3) is 0 Å². The van der Waals surface area contributed by atoms with Crippen LogP contribution in [0.4, 0.5) is 0 Å². The van der Waals surface area contributed by atoms with Crippen molar-refractivity contribution in [1.82, 2.24) is 4.90 Å². The van der Waals surface area contributed by atoms with Gasteiger partial charge in [-0.1, -0.05) is 11.6 Å². The van der Waals surface area contributed by atoms with Gasteiger partial charge in [-0.2, -0.15) is 0 Å². The van der Waals surface area contributed by atoms with Gasteiger partial charge in [0.15, 0.2) is 0 Å². The van der Waals surface area contributed by atoms with E-state index in [0.717, 1.165) is 6.42 Å². The molecule has 1 aromatic rings. The summed E-state index contributed by atoms with van der Waals surface area (Å²) in [4.78, 5) is 14.1. The summed E-state index contributed by atoms with van der Waals surface area (Å²) in [6.07, 6.45) is 1.51. The van der Waals surface area contributed by atoms with Crippen LogP contribution in [0.1, 0.15) is 30.1 Å². The van der Waals surface area contributed by atoms with Crippen molar-refractivity contribution in [3.05, 3.63) is 28.8 Å². The molecule has 1 aromatic carbocycles. The van der Waals surface area contributed by atoms with E-state index in [2.05, 4.69) is 0 Å². The van der Waals surface area contributed by atoms with Crippen molar-refractivity contribution in [2.24, 2.45) is 0 Å². The highest BCUT2D eigenvalue weighted by atomic mass is 35.5. The third-order valence-electron chi connectivity index (χ3n) is 3.35. The first-order chi connectivity index (χ1) is 8.93. The summed E-state index contributed by atoms with van der Waals surface area (Å²) in [5.41, 5.74) is -0.382. The molecule has 1 amide bonds. The Bertz CT molecular complexity index is 488. The second kappa shape index (κ2) is 5.39. The Morgan fingerprint density at radius 3 is 2.89 bits per heavy atom. The van der Waals surface area contributed by atoms with Crippen molar-refractivity contribution in [1.29, 1.82) is 0 Å². The van der Waals surface area contributed by atoms with Gasteiger partial charge in [-0.3, -0.25) is 4.79 Å². The summed E-state index contributed by atoms with van der Waals surface area (Å²) >= 11 is 5.94. The number of methoxy groups -OCH3 is 1. The van der Waals surface area contributed by atoms with Crippen molar-refractivity contribution in [2.75, 3.05) is 20.2 Å². The second-order valence-electron chi connectivity index (χ2n) is 5.17. The highest BCUT2D eigenvalue weighted by Gasteiger charge is 2.32. The number of halogens is 1. The first-order valence-electron chi connectivity index (χ1n) is 6.28. The molecule has 1 atom stereocenters. The van der Waals surface area contributed by atoms with Crippen molar-refractivity contribution in [3.63, 3.8) is 0 Å². The topological polar surface area (TPSA) is 49.8 Å². The SMILES string of the molecule is COc1ccc(Cl)cc1C(=O)N1CCCC(C)(O)C1. The Morgan fingerprint density at radius 1 is 1.53 bits per heavy atom. The van der Waals surface area contributed by atoms with Gasteiger partial charge in [0.1, 0.15) is 5.75 Å². The van der Waals surface area contributed by atoms with Crippen LogP contribution in [0.5, 0.6) is 5.75 Å². The molecule has 0 aromatic heterocycles. The normalized spacial score (nSPS) is 23.3. The number of aliphatic hydroxyl groups is 1. The Kier molecular flexibility index (Phi) is 4.02. The van der Waals surface area contributed by atoms with Crippen molar-refractivity contribution >= 4 is 17.5 Å². The molecule has 1 N–H and O–H groups in total. The monoisotopic (exact) mass is 283 g/mol. The summed E-state index contributed by atoms with van der Waals surface area (Å²) in [5, 5.41) is 10.6. The average Bonchev–Trinajstić information content (AvgIpc) is 2.36. The van der Waals surface area contributed by atoms with Gasteiger partial charge in [0, 0.05) is 18.1 Å². The lowest BCUT2D eigenvalue weighted by atomic mass is 9.94. The minimum absolute atomic E-state index is 0.153. The smallest absolute Gasteiger partial charge is 0.257 e. The predicted octanol–water partition coefficient (Wildman–Crippen LogP) is 2.34. The molecule has 5 heteroatoms. The zero-order valence-electron chi connectivity index (χ0n) is 11.1. The fraction of sp³-hybridized carbons (Fsp3) is 0.500. The molecule has 0 bridgehead atoms. The molecule has 0 saturated carbocycles. The highest BCUT2D eigenvalue weighted by Crippen LogP contribution is 2.27. The van der Waals surface area contributed by atoms with Crippen LogP contribution < -0.4 is 4.74 Å². The van der Waals surface area contributed by atoms with Crippen molar-refractivity contribution in [3.8, 4) is 5.75 Å². The van der Waals surface area contributed by atoms with E-state index in [1.165, 1.54) is 7.11 Å². The number of hydrogen-bond donors (Lipinski definition) is 1. The third kappa shape index (κ3) is 3.19. The van der Waals surface area contributed by atoms with E-state index in [4.69, 9.17) is 16.3 Å². The number of likely N-dealkylation sites (tertiary alicyclic amines) is 1. The molecule has 1 unspecified atom stereocenters. The van der Waals surface area contributed by atoms with Gasteiger partial charge >= 0.3 is 0 Å². The van der Waals surface area contributed by atoms with E-state index in [1.54, 1.807) is 30.0 Å². The zero-order chi connectivity index (χ0) is 14.0. The van der Waals surface area contributed by atoms with E-state index in [-0.39, 0.29) is 5.91 Å². The van der Waals surface area contributed by atoms with E-state index in [1.807, 2.05) is 0 Å². The quantitative estimate of drug-likeness (QED) is 0.906. The van der Waals surface area contributed by atoms with Crippen LogP contribution in [0.2, 0.25) is 5.02 Å². The Labute approximate surface area is 117 Å². The minimum Gasteiger partial charge on any atom is -0.496 e. The van der Waals surface area contributed by atoms with Gasteiger partial charge < -0.3 is 14.7 Å². The molecule has 0 spiro atoms. The van der Waals surface area contributed by atoms with Crippen molar-refractivity contribution in [2.45, 2.75) is 25.4 Å². The number of carbonyl (C=O) groups excluding carboxylic acids is 1. The maximum absolute atomic E-state index is 12.5. The second-order valence-corrected chi connectivity index (χ2v) is 5.61. The fourth-order valence-electron chi connectivity index (χ4n) is 2.41. The molecule has 1 saturated heterocycles. The van der Waals surface area contributed by atoms with Crippen LogP contribution in [0.3, 0.4) is 0 Å². The van der Waals surface area contributed by atoms with Gasteiger partial charge in [-0.25, -0.2) is 0 Å².